The highest BCUT2D eigenvalue weighted by atomic mass is 79.9. The van der Waals surface area contributed by atoms with Crippen LogP contribution in [-0.4, -0.2) is 16.8 Å². The summed E-state index contributed by atoms with van der Waals surface area (Å²) in [6.45, 7) is 8.41. The van der Waals surface area contributed by atoms with Crippen LogP contribution in [0.5, 0.6) is 0 Å². The van der Waals surface area contributed by atoms with Crippen molar-refractivity contribution in [2.75, 3.05) is 5.33 Å². The Morgan fingerprint density at radius 3 is 2.28 bits per heavy atom. The lowest BCUT2D eigenvalue weighted by atomic mass is 9.99. The number of amides is 1. The molecule has 0 saturated heterocycles. The van der Waals surface area contributed by atoms with E-state index in [1.807, 2.05) is 31.2 Å². The molecule has 18 heavy (non-hydrogen) atoms. The van der Waals surface area contributed by atoms with Gasteiger partial charge >= 0.3 is 0 Å². The van der Waals surface area contributed by atoms with E-state index in [9.17, 15) is 4.79 Å². The second-order valence-corrected chi connectivity index (χ2v) is 5.84. The first-order chi connectivity index (χ1) is 8.41. The topological polar surface area (TPSA) is 29.1 Å². The number of benzene rings is 1. The van der Waals surface area contributed by atoms with Crippen LogP contribution in [0.4, 0.5) is 0 Å². The van der Waals surface area contributed by atoms with Crippen LogP contribution in [0, 0.1) is 0 Å². The molecule has 0 spiro atoms. The van der Waals surface area contributed by atoms with E-state index in [4.69, 9.17) is 0 Å². The predicted octanol–water partition coefficient (Wildman–Crippen LogP) is 4.10. The van der Waals surface area contributed by atoms with Crippen LogP contribution in [0.2, 0.25) is 0 Å². The van der Waals surface area contributed by atoms with Gasteiger partial charge in [-0.2, -0.15) is 0 Å². The van der Waals surface area contributed by atoms with Crippen LogP contribution in [0.25, 0.3) is 0 Å². The molecule has 0 radical (unpaired) electrons. The lowest BCUT2D eigenvalue weighted by Gasteiger charge is -2.27. The molecule has 0 aliphatic carbocycles. The average molecular weight is 312 g/mol. The summed E-state index contributed by atoms with van der Waals surface area (Å²) >= 11 is 3.45. The summed E-state index contributed by atoms with van der Waals surface area (Å²) in [5, 5.41) is 3.83. The van der Waals surface area contributed by atoms with E-state index in [0.29, 0.717) is 5.92 Å². The molecule has 0 aliphatic rings. The predicted molar refractivity (Wildman–Crippen MR) is 80.5 cm³/mol. The number of carbonyl (C=O) groups is 1. The van der Waals surface area contributed by atoms with Crippen LogP contribution in [-0.2, 0) is 0 Å². The van der Waals surface area contributed by atoms with Crippen molar-refractivity contribution in [1.29, 1.82) is 0 Å². The van der Waals surface area contributed by atoms with E-state index in [2.05, 4.69) is 42.0 Å². The first-order valence-electron chi connectivity index (χ1n) is 6.40. The number of rotatable bonds is 5. The van der Waals surface area contributed by atoms with Crippen molar-refractivity contribution in [2.24, 2.45) is 0 Å². The molecule has 1 aromatic rings. The maximum Gasteiger partial charge on any atom is 0.251 e. The zero-order valence-electron chi connectivity index (χ0n) is 11.6. The second kappa shape index (κ2) is 6.37. The van der Waals surface area contributed by atoms with Gasteiger partial charge in [0.15, 0.2) is 0 Å². The van der Waals surface area contributed by atoms with Gasteiger partial charge in [0, 0.05) is 16.4 Å². The molecule has 1 atom stereocenters. The van der Waals surface area contributed by atoms with E-state index in [0.717, 1.165) is 17.3 Å². The molecule has 0 saturated carbocycles. The minimum absolute atomic E-state index is 0.00546. The van der Waals surface area contributed by atoms with Crippen molar-refractivity contribution in [3.8, 4) is 0 Å². The largest absolute Gasteiger partial charge is 0.346 e. The van der Waals surface area contributed by atoms with Crippen molar-refractivity contribution in [1.82, 2.24) is 5.32 Å². The minimum atomic E-state index is -0.187. The van der Waals surface area contributed by atoms with Crippen LogP contribution in [0.1, 0.15) is 56.0 Å². The Balaban J connectivity index is 2.79. The third-order valence-electron chi connectivity index (χ3n) is 3.33. The Morgan fingerprint density at radius 2 is 1.89 bits per heavy atom. The van der Waals surface area contributed by atoms with E-state index >= 15 is 0 Å². The van der Waals surface area contributed by atoms with Gasteiger partial charge in [-0.05, 0) is 37.0 Å². The molecule has 1 N–H and O–H groups in total. The second-order valence-electron chi connectivity index (χ2n) is 5.28. The molecule has 1 amide bonds. The van der Waals surface area contributed by atoms with Crippen LogP contribution in [0.3, 0.4) is 0 Å². The third-order valence-corrected chi connectivity index (χ3v) is 4.57. The minimum Gasteiger partial charge on any atom is -0.346 e. The Bertz CT molecular complexity index is 393. The number of carbonyl (C=O) groups excluding carboxylic acids is 1. The lowest BCUT2D eigenvalue weighted by molar-refractivity contribution is 0.0913. The number of hydrogen-bond donors (Lipinski definition) is 1. The number of hydrogen-bond acceptors (Lipinski definition) is 1. The molecule has 0 aliphatic heterocycles. The van der Waals surface area contributed by atoms with Crippen molar-refractivity contribution >= 4 is 21.8 Å². The Morgan fingerprint density at radius 1 is 1.33 bits per heavy atom. The Labute approximate surface area is 118 Å². The fourth-order valence-electron chi connectivity index (χ4n) is 1.58. The summed E-state index contributed by atoms with van der Waals surface area (Å²) in [5.74, 6) is 0.486. The first-order valence-corrected chi connectivity index (χ1v) is 7.52. The van der Waals surface area contributed by atoms with E-state index < -0.39 is 0 Å². The molecule has 2 nitrogen and oxygen atoms in total. The summed E-state index contributed by atoms with van der Waals surface area (Å²) in [6.07, 6.45) is 0.897. The molecule has 1 aromatic carbocycles. The highest BCUT2D eigenvalue weighted by molar-refractivity contribution is 9.09. The Hall–Kier alpha value is -0.830. The van der Waals surface area contributed by atoms with Crippen LogP contribution >= 0.6 is 15.9 Å². The SMILES string of the molecule is CCC(C)(CBr)NC(=O)c1ccc(C(C)C)cc1. The zero-order chi connectivity index (χ0) is 13.8. The molecule has 0 aromatic heterocycles. The van der Waals surface area contributed by atoms with E-state index in [1.165, 1.54) is 5.56 Å². The van der Waals surface area contributed by atoms with Gasteiger partial charge in [-0.25, -0.2) is 0 Å². The smallest absolute Gasteiger partial charge is 0.251 e. The molecule has 1 rings (SSSR count). The van der Waals surface area contributed by atoms with Gasteiger partial charge in [0.1, 0.15) is 0 Å². The van der Waals surface area contributed by atoms with Crippen LogP contribution < -0.4 is 5.32 Å². The van der Waals surface area contributed by atoms with Gasteiger partial charge in [0.2, 0.25) is 0 Å². The quantitative estimate of drug-likeness (QED) is 0.815. The molecule has 0 heterocycles. The highest BCUT2D eigenvalue weighted by Gasteiger charge is 2.23. The normalized spacial score (nSPS) is 14.3. The van der Waals surface area contributed by atoms with Gasteiger partial charge in [0.05, 0.1) is 0 Å². The number of nitrogens with one attached hydrogen (secondary N) is 1. The van der Waals surface area contributed by atoms with E-state index in [1.54, 1.807) is 0 Å². The first kappa shape index (κ1) is 15.2. The standard InChI is InChI=1S/C15H22BrNO/c1-5-15(4,10-16)17-14(18)13-8-6-12(7-9-13)11(2)3/h6-9,11H,5,10H2,1-4H3,(H,17,18). The fourth-order valence-corrected chi connectivity index (χ4v) is 2.12. The van der Waals surface area contributed by atoms with Crippen molar-refractivity contribution in [3.05, 3.63) is 35.4 Å². The molecule has 3 heteroatoms. The molecular weight excluding hydrogens is 290 g/mol. The average Bonchev–Trinajstić information content (AvgIpc) is 2.38. The fraction of sp³-hybridized carbons (Fsp3) is 0.533. The van der Waals surface area contributed by atoms with Gasteiger partial charge in [-0.3, -0.25) is 4.79 Å². The zero-order valence-corrected chi connectivity index (χ0v) is 13.2. The Kier molecular flexibility index (Phi) is 5.39. The van der Waals surface area contributed by atoms with Gasteiger partial charge in [0.25, 0.3) is 5.91 Å². The van der Waals surface area contributed by atoms with Crippen LogP contribution in [0.15, 0.2) is 24.3 Å². The van der Waals surface area contributed by atoms with Gasteiger partial charge in [-0.1, -0.05) is 48.8 Å². The van der Waals surface area contributed by atoms with Crippen molar-refractivity contribution < 1.29 is 4.79 Å². The maximum absolute atomic E-state index is 12.1. The van der Waals surface area contributed by atoms with Crippen molar-refractivity contribution in [2.45, 2.75) is 45.6 Å². The molecule has 1 unspecified atom stereocenters. The third kappa shape index (κ3) is 3.84. The lowest BCUT2D eigenvalue weighted by Crippen LogP contribution is -2.46. The maximum atomic E-state index is 12.1. The molecular formula is C15H22BrNO. The summed E-state index contributed by atoms with van der Waals surface area (Å²) in [4.78, 5) is 12.1. The summed E-state index contributed by atoms with van der Waals surface area (Å²) in [6, 6.07) is 7.85. The van der Waals surface area contributed by atoms with Gasteiger partial charge < -0.3 is 5.32 Å². The molecule has 0 fully saturated rings. The highest BCUT2D eigenvalue weighted by Crippen LogP contribution is 2.17. The molecule has 100 valence electrons. The summed E-state index contributed by atoms with van der Waals surface area (Å²) in [7, 11) is 0. The van der Waals surface area contributed by atoms with E-state index in [-0.39, 0.29) is 11.4 Å². The number of alkyl halides is 1. The van der Waals surface area contributed by atoms with Crippen molar-refractivity contribution in [3.63, 3.8) is 0 Å². The summed E-state index contributed by atoms with van der Waals surface area (Å²) < 4.78 is 0. The molecule has 0 bridgehead atoms. The monoisotopic (exact) mass is 311 g/mol. The summed E-state index contributed by atoms with van der Waals surface area (Å²) in [5.41, 5.74) is 1.79. The number of halogens is 1. The van der Waals surface area contributed by atoms with Gasteiger partial charge in [-0.15, -0.1) is 0 Å².